The first-order valence-corrected chi connectivity index (χ1v) is 11.3. The van der Waals surface area contributed by atoms with E-state index >= 15 is 0 Å². The lowest BCUT2D eigenvalue weighted by Crippen LogP contribution is -2.53. The highest BCUT2D eigenvalue weighted by Gasteiger charge is 2.60. The highest BCUT2D eigenvalue weighted by Crippen LogP contribution is 2.68. The summed E-state index contributed by atoms with van der Waals surface area (Å²) in [6.07, 6.45) is 13.8. The van der Waals surface area contributed by atoms with Crippen LogP contribution in [0.5, 0.6) is 0 Å². The van der Waals surface area contributed by atoms with E-state index in [4.69, 9.17) is 5.73 Å². The fourth-order valence-corrected chi connectivity index (χ4v) is 7.79. The Labute approximate surface area is 167 Å². The minimum absolute atomic E-state index is 0.244. The third kappa shape index (κ3) is 3.01. The molecule has 1 heteroatoms. The van der Waals surface area contributed by atoms with E-state index in [1.54, 1.807) is 5.57 Å². The van der Waals surface area contributed by atoms with Crippen molar-refractivity contribution in [3.05, 3.63) is 48.1 Å². The molecule has 3 fully saturated rings. The molecule has 7 atom stereocenters. The molecule has 0 aromatic carbocycles. The molecule has 0 spiro atoms. The van der Waals surface area contributed by atoms with E-state index in [1.807, 2.05) is 13.8 Å². The summed E-state index contributed by atoms with van der Waals surface area (Å²) in [6, 6.07) is 0. The van der Waals surface area contributed by atoms with Crippen molar-refractivity contribution in [2.24, 2.45) is 46.2 Å². The zero-order valence-electron chi connectivity index (χ0n) is 18.4. The van der Waals surface area contributed by atoms with Crippen LogP contribution in [0.2, 0.25) is 0 Å². The SMILES string of the molecule is C=C1C=CC2(C)C(=C1)CCC1C2C(C)CC2(C)C(C(=C)CN)CCC12.CC. The predicted octanol–water partition coefficient (Wildman–Crippen LogP) is 6.68. The Bertz CT molecular complexity index is 668. The summed E-state index contributed by atoms with van der Waals surface area (Å²) < 4.78 is 0. The summed E-state index contributed by atoms with van der Waals surface area (Å²) in [5.41, 5.74) is 10.8. The monoisotopic (exact) mass is 367 g/mol. The van der Waals surface area contributed by atoms with Crippen molar-refractivity contribution in [2.75, 3.05) is 6.54 Å². The zero-order chi connectivity index (χ0) is 20.0. The highest BCUT2D eigenvalue weighted by atomic mass is 14.7. The van der Waals surface area contributed by atoms with Gasteiger partial charge < -0.3 is 5.73 Å². The largest absolute Gasteiger partial charge is 0.327 e. The van der Waals surface area contributed by atoms with Gasteiger partial charge in [-0.15, -0.1) is 0 Å². The van der Waals surface area contributed by atoms with E-state index in [2.05, 4.69) is 52.2 Å². The molecule has 0 amide bonds. The molecule has 4 rings (SSSR count). The smallest absolute Gasteiger partial charge is 0.0137 e. The van der Waals surface area contributed by atoms with Gasteiger partial charge in [-0.3, -0.25) is 0 Å². The van der Waals surface area contributed by atoms with Crippen LogP contribution in [0.3, 0.4) is 0 Å². The van der Waals surface area contributed by atoms with Crippen LogP contribution in [0, 0.1) is 40.4 Å². The third-order valence-electron chi connectivity index (χ3n) is 8.65. The van der Waals surface area contributed by atoms with Crippen LogP contribution in [0.4, 0.5) is 0 Å². The minimum Gasteiger partial charge on any atom is -0.327 e. The summed E-state index contributed by atoms with van der Waals surface area (Å²) in [7, 11) is 0. The van der Waals surface area contributed by atoms with E-state index in [0.29, 0.717) is 17.9 Å². The molecule has 7 unspecified atom stereocenters. The second-order valence-corrected chi connectivity index (χ2v) is 9.87. The van der Waals surface area contributed by atoms with Crippen LogP contribution in [-0.2, 0) is 0 Å². The van der Waals surface area contributed by atoms with Crippen LogP contribution in [0.1, 0.15) is 66.7 Å². The van der Waals surface area contributed by atoms with Gasteiger partial charge in [-0.2, -0.15) is 0 Å². The quantitative estimate of drug-likeness (QED) is 0.541. The van der Waals surface area contributed by atoms with Gasteiger partial charge in [0.15, 0.2) is 0 Å². The maximum Gasteiger partial charge on any atom is 0.0137 e. The summed E-state index contributed by atoms with van der Waals surface area (Å²) in [5, 5.41) is 0. The van der Waals surface area contributed by atoms with Gasteiger partial charge in [-0.05, 0) is 72.7 Å². The average Bonchev–Trinajstić information content (AvgIpc) is 2.99. The fraction of sp³-hybridized carbons (Fsp3) is 0.692. The Balaban J connectivity index is 0.00000102. The third-order valence-corrected chi connectivity index (χ3v) is 8.65. The zero-order valence-corrected chi connectivity index (χ0v) is 18.4. The van der Waals surface area contributed by atoms with Gasteiger partial charge in [0.1, 0.15) is 0 Å². The average molecular weight is 368 g/mol. The predicted molar refractivity (Wildman–Crippen MR) is 118 cm³/mol. The van der Waals surface area contributed by atoms with Crippen LogP contribution < -0.4 is 5.73 Å². The van der Waals surface area contributed by atoms with Crippen molar-refractivity contribution in [2.45, 2.75) is 66.7 Å². The Morgan fingerprint density at radius 1 is 1.22 bits per heavy atom. The fourth-order valence-electron chi connectivity index (χ4n) is 7.79. The summed E-state index contributed by atoms with van der Waals surface area (Å²) in [4.78, 5) is 0. The lowest BCUT2D eigenvalue weighted by Gasteiger charge is -2.60. The molecule has 27 heavy (non-hydrogen) atoms. The first-order valence-electron chi connectivity index (χ1n) is 11.3. The van der Waals surface area contributed by atoms with Crippen LogP contribution >= 0.6 is 0 Å². The van der Waals surface area contributed by atoms with Gasteiger partial charge in [0.2, 0.25) is 0 Å². The van der Waals surface area contributed by atoms with Gasteiger partial charge in [-0.1, -0.05) is 77.2 Å². The number of rotatable bonds is 2. The maximum absolute atomic E-state index is 6.00. The van der Waals surface area contributed by atoms with Crippen LogP contribution in [-0.4, -0.2) is 6.54 Å². The summed E-state index contributed by atoms with van der Waals surface area (Å²) >= 11 is 0. The van der Waals surface area contributed by atoms with Gasteiger partial charge in [-0.25, -0.2) is 0 Å². The van der Waals surface area contributed by atoms with Crippen LogP contribution in [0.15, 0.2) is 48.1 Å². The maximum atomic E-state index is 6.00. The van der Waals surface area contributed by atoms with Crippen molar-refractivity contribution < 1.29 is 0 Å². The molecule has 0 radical (unpaired) electrons. The molecule has 0 saturated heterocycles. The lowest BCUT2D eigenvalue weighted by atomic mass is 9.45. The molecule has 0 aliphatic heterocycles. The van der Waals surface area contributed by atoms with Gasteiger partial charge in [0.05, 0.1) is 0 Å². The summed E-state index contributed by atoms with van der Waals surface area (Å²) in [6.45, 7) is 20.8. The molecule has 0 bridgehead atoms. The highest BCUT2D eigenvalue weighted by molar-refractivity contribution is 5.43. The molecule has 150 valence electrons. The van der Waals surface area contributed by atoms with Crippen molar-refractivity contribution >= 4 is 0 Å². The minimum atomic E-state index is 0.244. The molecule has 0 heterocycles. The first kappa shape index (κ1) is 20.6. The van der Waals surface area contributed by atoms with Crippen molar-refractivity contribution in [1.29, 1.82) is 0 Å². The molecule has 2 N–H and O–H groups in total. The van der Waals surface area contributed by atoms with E-state index in [-0.39, 0.29) is 5.41 Å². The van der Waals surface area contributed by atoms with Crippen LogP contribution in [0.25, 0.3) is 0 Å². The van der Waals surface area contributed by atoms with Crippen molar-refractivity contribution in [3.8, 4) is 0 Å². The Morgan fingerprint density at radius 2 is 1.93 bits per heavy atom. The molecule has 3 saturated carbocycles. The van der Waals surface area contributed by atoms with Gasteiger partial charge >= 0.3 is 0 Å². The number of nitrogens with two attached hydrogens (primary N) is 1. The normalized spacial score (nSPS) is 45.0. The van der Waals surface area contributed by atoms with Crippen molar-refractivity contribution in [1.82, 2.24) is 0 Å². The Hall–Kier alpha value is -1.08. The summed E-state index contributed by atoms with van der Waals surface area (Å²) in [5.74, 6) is 3.86. The first-order chi connectivity index (χ1) is 12.8. The second-order valence-electron chi connectivity index (χ2n) is 9.87. The van der Waals surface area contributed by atoms with E-state index in [1.165, 1.54) is 43.3 Å². The number of hydrogen-bond donors (Lipinski definition) is 1. The Kier molecular flexibility index (Phi) is 5.65. The number of hydrogen-bond acceptors (Lipinski definition) is 1. The molecular formula is C26H41N. The Morgan fingerprint density at radius 3 is 2.59 bits per heavy atom. The lowest BCUT2D eigenvalue weighted by molar-refractivity contribution is -0.0640. The molecule has 0 aromatic rings. The molecular weight excluding hydrogens is 326 g/mol. The molecule has 0 aromatic heterocycles. The molecule has 4 aliphatic rings. The van der Waals surface area contributed by atoms with E-state index in [9.17, 15) is 0 Å². The van der Waals surface area contributed by atoms with Gasteiger partial charge in [0, 0.05) is 12.0 Å². The topological polar surface area (TPSA) is 26.0 Å². The second kappa shape index (κ2) is 7.39. The molecule has 4 aliphatic carbocycles. The standard InChI is InChI=1S/C24H35N.C2H6/c1-15-10-11-23(4)18(12-15)6-7-19-21-9-8-20(17(3)14-25)24(21,5)13-16(2)22(19)23;1-2/h10-12,16,19-22H,1,3,6-9,13-14,25H2,2,4-5H3;1-2H3. The number of fused-ring (bicyclic) bond motifs is 5. The van der Waals surface area contributed by atoms with E-state index in [0.717, 1.165) is 23.7 Å². The van der Waals surface area contributed by atoms with E-state index < -0.39 is 0 Å². The number of allylic oxidation sites excluding steroid dienone is 5. The molecule has 1 nitrogen and oxygen atoms in total. The van der Waals surface area contributed by atoms with Crippen molar-refractivity contribution in [3.63, 3.8) is 0 Å². The van der Waals surface area contributed by atoms with Gasteiger partial charge in [0.25, 0.3) is 0 Å².